The number of carboxylic acid groups (broad SMARTS) is 6. The van der Waals surface area contributed by atoms with Gasteiger partial charge in [0.05, 0.1) is 38.9 Å². The zero-order valence-electron chi connectivity index (χ0n) is 14.9. The highest BCUT2D eigenvalue weighted by Gasteiger charge is 2.46. The molecule has 0 rings (SSSR count). The number of rotatable bonds is 16. The minimum Gasteiger partial charge on any atom is -0.481 e. The number of carbonyl (C=O) groups is 6. The van der Waals surface area contributed by atoms with Gasteiger partial charge < -0.3 is 40.1 Å². The van der Waals surface area contributed by atoms with Crippen molar-refractivity contribution in [1.82, 2.24) is 0 Å². The molecular weight excluding hydrogens is 404 g/mol. The van der Waals surface area contributed by atoms with Crippen LogP contribution in [0.25, 0.3) is 0 Å². The van der Waals surface area contributed by atoms with Crippen LogP contribution in [0.15, 0.2) is 0 Å². The van der Waals surface area contributed by atoms with Crippen molar-refractivity contribution in [2.24, 2.45) is 0 Å². The van der Waals surface area contributed by atoms with Crippen molar-refractivity contribution < 1.29 is 68.9 Å². The van der Waals surface area contributed by atoms with Crippen molar-refractivity contribution >= 4 is 35.8 Å². The Balaban J connectivity index is 5.15. The highest BCUT2D eigenvalue weighted by atomic mass is 16.5. The van der Waals surface area contributed by atoms with E-state index < -0.39 is 85.9 Å². The van der Waals surface area contributed by atoms with Crippen LogP contribution in [0.2, 0.25) is 0 Å². The van der Waals surface area contributed by atoms with Gasteiger partial charge in [0, 0.05) is 0 Å². The summed E-state index contributed by atoms with van der Waals surface area (Å²) < 4.78 is 9.86. The van der Waals surface area contributed by atoms with E-state index in [-0.39, 0.29) is 6.42 Å². The molecular formula is C15H20O14. The second-order valence-electron chi connectivity index (χ2n) is 5.93. The molecule has 0 amide bonds. The SMILES string of the molecule is O=C(O)CC(CC(=O)O)(OCCCOC(CC(=O)O)(CC(=O)O)C(=O)O)C(=O)O. The highest BCUT2D eigenvalue weighted by Crippen LogP contribution is 2.24. The average Bonchev–Trinajstić information content (AvgIpc) is 2.51. The molecule has 0 unspecified atom stereocenters. The molecule has 0 saturated heterocycles. The van der Waals surface area contributed by atoms with Gasteiger partial charge >= 0.3 is 35.8 Å². The summed E-state index contributed by atoms with van der Waals surface area (Å²) in [7, 11) is 0. The lowest BCUT2D eigenvalue weighted by Crippen LogP contribution is -2.47. The molecule has 0 saturated carbocycles. The first-order valence-electron chi connectivity index (χ1n) is 7.88. The van der Waals surface area contributed by atoms with E-state index in [4.69, 9.17) is 29.9 Å². The number of hydrogen-bond acceptors (Lipinski definition) is 8. The van der Waals surface area contributed by atoms with Crippen molar-refractivity contribution in [3.63, 3.8) is 0 Å². The van der Waals surface area contributed by atoms with E-state index in [0.29, 0.717) is 0 Å². The fourth-order valence-corrected chi connectivity index (χ4v) is 2.33. The Morgan fingerprint density at radius 3 is 0.931 bits per heavy atom. The monoisotopic (exact) mass is 424 g/mol. The zero-order valence-corrected chi connectivity index (χ0v) is 14.9. The summed E-state index contributed by atoms with van der Waals surface area (Å²) in [5, 5.41) is 53.6. The van der Waals surface area contributed by atoms with Gasteiger partial charge in [-0.05, 0) is 6.42 Å². The smallest absolute Gasteiger partial charge is 0.337 e. The molecule has 164 valence electrons. The zero-order chi connectivity index (χ0) is 22.8. The lowest BCUT2D eigenvalue weighted by molar-refractivity contribution is -0.183. The summed E-state index contributed by atoms with van der Waals surface area (Å²) in [6.45, 7) is -1.19. The van der Waals surface area contributed by atoms with Gasteiger partial charge in [0.2, 0.25) is 0 Å². The number of aliphatic carboxylic acids is 6. The van der Waals surface area contributed by atoms with Crippen molar-refractivity contribution in [2.45, 2.75) is 43.3 Å². The predicted octanol–water partition coefficient (Wildman–Crippen LogP) is -1.04. The van der Waals surface area contributed by atoms with E-state index >= 15 is 0 Å². The van der Waals surface area contributed by atoms with Gasteiger partial charge in [-0.2, -0.15) is 0 Å². The largest absolute Gasteiger partial charge is 0.481 e. The van der Waals surface area contributed by atoms with Gasteiger partial charge in [0.25, 0.3) is 0 Å². The number of carboxylic acids is 6. The molecule has 0 bridgehead atoms. The molecule has 0 aromatic rings. The molecule has 0 aliphatic rings. The Labute approximate surface area is 162 Å². The van der Waals surface area contributed by atoms with Crippen LogP contribution >= 0.6 is 0 Å². The standard InChI is InChI=1S/C15H20O14/c16-8(17)4-14(12(24)25,5-9(18)19)28-2-1-3-29-15(13(26)27,6-10(20)21)7-11(22)23/h1-7H2,(H,16,17)(H,18,19)(H,20,21)(H,22,23)(H,24,25)(H,26,27). The third-order valence-corrected chi connectivity index (χ3v) is 3.57. The van der Waals surface area contributed by atoms with Crippen LogP contribution in [-0.2, 0) is 38.2 Å². The van der Waals surface area contributed by atoms with Crippen molar-refractivity contribution in [3.05, 3.63) is 0 Å². The van der Waals surface area contributed by atoms with Crippen LogP contribution in [-0.4, -0.2) is 90.9 Å². The highest BCUT2D eigenvalue weighted by molar-refractivity contribution is 5.89. The third-order valence-electron chi connectivity index (χ3n) is 3.57. The van der Waals surface area contributed by atoms with E-state index in [1.54, 1.807) is 0 Å². The molecule has 0 aromatic heterocycles. The van der Waals surface area contributed by atoms with Crippen LogP contribution in [0, 0.1) is 0 Å². The normalized spacial score (nSPS) is 11.6. The molecule has 14 nitrogen and oxygen atoms in total. The molecule has 0 radical (unpaired) electrons. The van der Waals surface area contributed by atoms with Gasteiger partial charge in [-0.3, -0.25) is 19.2 Å². The maximum atomic E-state index is 11.4. The summed E-state index contributed by atoms with van der Waals surface area (Å²) >= 11 is 0. The van der Waals surface area contributed by atoms with Crippen molar-refractivity contribution in [1.29, 1.82) is 0 Å². The van der Waals surface area contributed by atoms with E-state index in [1.165, 1.54) is 0 Å². The summed E-state index contributed by atoms with van der Waals surface area (Å²) in [4.78, 5) is 66.2. The van der Waals surface area contributed by atoms with Crippen LogP contribution in [0.3, 0.4) is 0 Å². The summed E-state index contributed by atoms with van der Waals surface area (Å²) in [6, 6.07) is 0. The Hall–Kier alpha value is -3.26. The van der Waals surface area contributed by atoms with Gasteiger partial charge in [0.15, 0.2) is 11.2 Å². The lowest BCUT2D eigenvalue weighted by atomic mass is 9.95. The number of hydrogen-bond donors (Lipinski definition) is 6. The van der Waals surface area contributed by atoms with Gasteiger partial charge in [-0.15, -0.1) is 0 Å². The van der Waals surface area contributed by atoms with Crippen molar-refractivity contribution in [3.8, 4) is 0 Å². The van der Waals surface area contributed by atoms with Crippen LogP contribution in [0.4, 0.5) is 0 Å². The molecule has 0 aliphatic carbocycles. The topological polar surface area (TPSA) is 242 Å². The average molecular weight is 424 g/mol. The van der Waals surface area contributed by atoms with Crippen molar-refractivity contribution in [2.75, 3.05) is 13.2 Å². The van der Waals surface area contributed by atoms with Crippen LogP contribution in [0.1, 0.15) is 32.1 Å². The molecule has 6 N–H and O–H groups in total. The van der Waals surface area contributed by atoms with Gasteiger partial charge in [0.1, 0.15) is 0 Å². The van der Waals surface area contributed by atoms with Gasteiger partial charge in [-0.1, -0.05) is 0 Å². The Bertz CT molecular complexity index is 578. The minimum absolute atomic E-state index is 0.317. The molecule has 0 atom stereocenters. The minimum atomic E-state index is -2.59. The van der Waals surface area contributed by atoms with E-state index in [1.807, 2.05) is 0 Å². The fraction of sp³-hybridized carbons (Fsp3) is 0.600. The van der Waals surface area contributed by atoms with Crippen LogP contribution < -0.4 is 0 Å². The lowest BCUT2D eigenvalue weighted by Gasteiger charge is -2.28. The maximum absolute atomic E-state index is 11.4. The van der Waals surface area contributed by atoms with Crippen LogP contribution in [0.5, 0.6) is 0 Å². The van der Waals surface area contributed by atoms with E-state index in [9.17, 15) is 39.0 Å². The summed E-state index contributed by atoms with van der Waals surface area (Å²) in [5.41, 5.74) is -5.19. The molecule has 0 spiro atoms. The number of ether oxygens (including phenoxy) is 2. The quantitative estimate of drug-likeness (QED) is 0.162. The third kappa shape index (κ3) is 8.52. The molecule has 0 aromatic carbocycles. The second kappa shape index (κ2) is 10.9. The van der Waals surface area contributed by atoms with E-state index in [0.717, 1.165) is 0 Å². The predicted molar refractivity (Wildman–Crippen MR) is 86.3 cm³/mol. The Morgan fingerprint density at radius 1 is 0.517 bits per heavy atom. The molecule has 0 heterocycles. The summed E-state index contributed by atoms with van der Waals surface area (Å²) in [6.07, 6.45) is -5.01. The molecule has 14 heteroatoms. The summed E-state index contributed by atoms with van der Waals surface area (Å²) in [5.74, 6) is -10.3. The molecule has 0 fully saturated rings. The Kier molecular flexibility index (Phi) is 9.69. The first kappa shape index (κ1) is 25.7. The van der Waals surface area contributed by atoms with E-state index in [2.05, 4.69) is 0 Å². The second-order valence-corrected chi connectivity index (χ2v) is 5.93. The first-order valence-corrected chi connectivity index (χ1v) is 7.88. The van der Waals surface area contributed by atoms with Gasteiger partial charge in [-0.25, -0.2) is 9.59 Å². The Morgan fingerprint density at radius 2 is 0.759 bits per heavy atom. The molecule has 0 aliphatic heterocycles. The fourth-order valence-electron chi connectivity index (χ4n) is 2.33. The maximum Gasteiger partial charge on any atom is 0.337 e. The molecule has 29 heavy (non-hydrogen) atoms. The first-order chi connectivity index (χ1) is 13.3.